The van der Waals surface area contributed by atoms with Crippen LogP contribution in [0.4, 0.5) is 0 Å². The van der Waals surface area contributed by atoms with Crippen LogP contribution in [0.25, 0.3) is 0 Å². The Morgan fingerprint density at radius 2 is 1.00 bits per heavy atom. The van der Waals surface area contributed by atoms with E-state index >= 15 is 0 Å². The summed E-state index contributed by atoms with van der Waals surface area (Å²) in [6.45, 7) is 0. The summed E-state index contributed by atoms with van der Waals surface area (Å²) in [7, 11) is -10.2. The summed E-state index contributed by atoms with van der Waals surface area (Å²) in [6.07, 6.45) is 0. The molecule has 0 amide bonds. The van der Waals surface area contributed by atoms with Crippen LogP contribution >= 0.6 is 15.2 Å². The van der Waals surface area contributed by atoms with Crippen LogP contribution in [0.5, 0.6) is 0 Å². The molecule has 0 aromatic rings. The Hall–Kier alpha value is 3.53. The van der Waals surface area contributed by atoms with E-state index in [9.17, 15) is 9.13 Å². The molecule has 66 valence electrons. The van der Waals surface area contributed by atoms with Crippen molar-refractivity contribution in [3.8, 4) is 0 Å². The van der Waals surface area contributed by atoms with Crippen molar-refractivity contribution in [2.24, 2.45) is 0 Å². The monoisotopic (exact) mass is 272 g/mol. The van der Waals surface area contributed by atoms with Crippen molar-refractivity contribution in [2.75, 3.05) is 0 Å². The summed E-state index contributed by atoms with van der Waals surface area (Å²) < 4.78 is 19.9. The summed E-state index contributed by atoms with van der Waals surface area (Å²) in [5.74, 6) is 0. The molecule has 12 heavy (non-hydrogen) atoms. The normalized spacial score (nSPS) is 11.8. The first-order valence-electron chi connectivity index (χ1n) is 1.94. The van der Waals surface area contributed by atoms with Gasteiger partial charge in [-0.3, -0.25) is 9.13 Å². The van der Waals surface area contributed by atoms with Gasteiger partial charge in [-0.15, -0.1) is 0 Å². The van der Waals surface area contributed by atoms with Crippen LogP contribution in [-0.2, 0) is 9.13 Å². The minimum atomic E-state index is -5.09. The third-order valence-corrected chi connectivity index (χ3v) is 3.61. The van der Waals surface area contributed by atoms with Crippen molar-refractivity contribution in [1.29, 1.82) is 0 Å². The molecule has 0 saturated heterocycles. The van der Waals surface area contributed by atoms with Gasteiger partial charge < -0.3 is 24.7 Å². The molecule has 0 aromatic heterocycles. The zero-order chi connectivity index (χ0) is 8.58. The van der Waals surface area contributed by atoms with E-state index in [0.717, 1.165) is 0 Å². The molecule has 7 nitrogen and oxygen atoms in total. The van der Waals surface area contributed by atoms with Gasteiger partial charge in [0, 0.05) is 0 Å². The first-order chi connectivity index (χ1) is 4.15. The fraction of sp³-hybridized carbons (Fsp3) is 1.00. The molecule has 0 atom stereocenters. The number of rotatable bonds is 2. The van der Waals surface area contributed by atoms with Crippen LogP contribution in [0, 0.1) is 0 Å². The Bertz CT molecular complexity index is 181. The van der Waals surface area contributed by atoms with E-state index in [1.807, 2.05) is 0 Å². The van der Waals surface area contributed by atoms with E-state index in [2.05, 4.69) is 0 Å². The van der Waals surface area contributed by atoms with Crippen LogP contribution in [0.1, 0.15) is 0 Å². The van der Waals surface area contributed by atoms with Gasteiger partial charge in [-0.2, -0.15) is 0 Å². The Labute approximate surface area is 153 Å². The second kappa shape index (κ2) is 7.75. The van der Waals surface area contributed by atoms with Crippen LogP contribution in [0.3, 0.4) is 0 Å². The number of hydrogen-bond acceptors (Lipinski definition) is 3. The van der Waals surface area contributed by atoms with E-state index in [1.165, 1.54) is 0 Å². The van der Waals surface area contributed by atoms with Crippen LogP contribution in [0.2, 0.25) is 0 Å². The molecule has 0 saturated carbocycles. The third-order valence-electron chi connectivity index (χ3n) is 0.602. The van der Waals surface area contributed by atoms with Gasteiger partial charge in [0.2, 0.25) is 0 Å². The average Bonchev–Trinajstić information content (AvgIpc) is 1.59. The molecule has 5 N–H and O–H groups in total. The minimum absolute atomic E-state index is 0. The molecule has 0 aromatic carbocycles. The molecular weight excluding hydrogens is 264 g/mol. The van der Waals surface area contributed by atoms with Crippen molar-refractivity contribution in [2.45, 2.75) is 5.59 Å². The van der Waals surface area contributed by atoms with E-state index in [0.29, 0.717) is 0 Å². The number of aliphatic hydroxyl groups is 1. The predicted molar refractivity (Wildman–Crippen MR) is 44.4 cm³/mol. The summed E-state index contributed by atoms with van der Waals surface area (Å²) in [5, 5.41) is 8.20. The Kier molecular flexibility index (Phi) is 13.5. The zero-order valence-electron chi connectivity index (χ0n) is 4.52. The topological polar surface area (TPSA) is 135 Å². The Morgan fingerprint density at radius 3 is 1.00 bits per heavy atom. The van der Waals surface area contributed by atoms with Gasteiger partial charge in [-0.25, -0.2) is 0 Å². The molecule has 0 unspecified atom stereocenters. The predicted octanol–water partition coefficient (Wildman–Crippen LogP) is -2.68. The van der Waals surface area contributed by atoms with Gasteiger partial charge in [-0.05, 0) is 0 Å². The summed E-state index contributed by atoms with van der Waals surface area (Å²) in [6, 6.07) is 0. The zero-order valence-corrected chi connectivity index (χ0v) is 6.31. The molecule has 11 heteroatoms. The number of hydrogen-bond donors (Lipinski definition) is 5. The fourth-order valence-corrected chi connectivity index (χ4v) is 1.76. The second-order valence-electron chi connectivity index (χ2n) is 1.52. The average molecular weight is 272 g/mol. The Balaban J connectivity index is -0.000000405. The molecule has 0 rings (SSSR count). The first kappa shape index (κ1) is 20.9. The molecule has 0 bridgehead atoms. The number of aliphatic hydroxyl groups excluding tert-OH is 1. The molecule has 0 aliphatic rings. The quantitative estimate of drug-likeness (QED) is 0.273. The molecule has 0 fully saturated rings. The maximum absolute atomic E-state index is 9.93. The van der Waals surface area contributed by atoms with Gasteiger partial charge in [0.15, 0.2) is 0 Å². The molecule has 0 aliphatic carbocycles. The van der Waals surface area contributed by atoms with Crippen molar-refractivity contribution in [1.82, 2.24) is 0 Å². The van der Waals surface area contributed by atoms with E-state index < -0.39 is 20.8 Å². The molecule has 0 aliphatic heterocycles. The third kappa shape index (κ3) is 8.81. The molecule has 0 radical (unpaired) electrons. The first-order valence-corrected chi connectivity index (χ1v) is 5.30. The van der Waals surface area contributed by atoms with Crippen molar-refractivity contribution in [3.63, 3.8) is 0 Å². The van der Waals surface area contributed by atoms with Gasteiger partial charge >= 0.3 is 118 Å². The van der Waals surface area contributed by atoms with Crippen LogP contribution in [0.15, 0.2) is 0 Å². The van der Waals surface area contributed by atoms with Crippen LogP contribution < -0.4 is 0 Å². The van der Waals surface area contributed by atoms with Gasteiger partial charge in [-0.1, -0.05) is 0 Å². The molecule has 0 spiro atoms. The van der Waals surface area contributed by atoms with Gasteiger partial charge in [0.05, 0.1) is 0 Å². The van der Waals surface area contributed by atoms with E-state index in [1.54, 1.807) is 0 Å². The van der Waals surface area contributed by atoms with Gasteiger partial charge in [0.25, 0.3) is 5.59 Å². The van der Waals surface area contributed by atoms with E-state index in [4.69, 9.17) is 24.7 Å². The Morgan fingerprint density at radius 1 is 0.833 bits per heavy atom. The van der Waals surface area contributed by atoms with Crippen molar-refractivity contribution < 1.29 is 33.8 Å². The standard InChI is InChI=1S/CH6O7P2.2K.2H/c2-1(9(3,4)5)10(6,7)8;;;;/h1-2H,(H2,3,4,5)(H2,6,7,8);;;;. The molecular formula is CH8K2O7P2. The van der Waals surface area contributed by atoms with Crippen molar-refractivity contribution >= 4 is 118 Å². The fourth-order valence-electron chi connectivity index (χ4n) is 0.196. The SMILES string of the molecule is O=P(O)(O)C(O)P(=O)(O)O.[KH].[KH]. The summed E-state index contributed by atoms with van der Waals surface area (Å²) in [5.41, 5.74) is -2.90. The summed E-state index contributed by atoms with van der Waals surface area (Å²) >= 11 is 0. The molecule has 0 heterocycles. The maximum atomic E-state index is 9.93. The van der Waals surface area contributed by atoms with Crippen molar-refractivity contribution in [3.05, 3.63) is 0 Å². The van der Waals surface area contributed by atoms with E-state index in [-0.39, 0.29) is 103 Å². The second-order valence-corrected chi connectivity index (χ2v) is 5.27. The van der Waals surface area contributed by atoms with Gasteiger partial charge in [0.1, 0.15) is 0 Å². The van der Waals surface area contributed by atoms with Crippen LogP contribution in [-0.4, -0.2) is 133 Å². The summed E-state index contributed by atoms with van der Waals surface area (Å²) in [4.78, 5) is 32.0.